The Balaban J connectivity index is 1.37. The molecule has 9 rings (SSSR count). The third kappa shape index (κ3) is 3.87. The molecule has 0 bridgehead atoms. The van der Waals surface area contributed by atoms with Gasteiger partial charge in [-0.3, -0.25) is 4.98 Å². The Labute approximate surface area is 260 Å². The second kappa shape index (κ2) is 9.91. The van der Waals surface area contributed by atoms with Gasteiger partial charge in [0, 0.05) is 29.0 Å². The van der Waals surface area contributed by atoms with Crippen LogP contribution in [0.5, 0.6) is 0 Å². The lowest BCUT2D eigenvalue weighted by Gasteiger charge is -2.17. The van der Waals surface area contributed by atoms with E-state index in [0.717, 1.165) is 38.6 Å². The van der Waals surface area contributed by atoms with Gasteiger partial charge in [-0.1, -0.05) is 97.1 Å². The van der Waals surface area contributed by atoms with Crippen LogP contribution in [0.1, 0.15) is 0 Å². The van der Waals surface area contributed by atoms with Gasteiger partial charge in [0.25, 0.3) is 0 Å². The summed E-state index contributed by atoms with van der Waals surface area (Å²) in [5.74, 6) is 0. The monoisotopic (exact) mass is 571 g/mol. The molecule has 0 spiro atoms. The van der Waals surface area contributed by atoms with Crippen LogP contribution in [0.2, 0.25) is 0 Å². The van der Waals surface area contributed by atoms with Crippen molar-refractivity contribution in [3.05, 3.63) is 163 Å². The van der Waals surface area contributed by atoms with Gasteiger partial charge in [-0.15, -0.1) is 0 Å². The fourth-order valence-electron chi connectivity index (χ4n) is 7.09. The van der Waals surface area contributed by atoms with E-state index in [-0.39, 0.29) is 0 Å². The van der Waals surface area contributed by atoms with E-state index in [1.807, 2.05) is 30.6 Å². The van der Waals surface area contributed by atoms with E-state index in [9.17, 15) is 0 Å². The first kappa shape index (κ1) is 25.3. The van der Waals surface area contributed by atoms with Crippen LogP contribution in [-0.2, 0) is 0 Å². The van der Waals surface area contributed by atoms with E-state index < -0.39 is 0 Å². The minimum atomic E-state index is 0.641. The summed E-state index contributed by atoms with van der Waals surface area (Å²) in [6.45, 7) is 7.75. The molecule has 0 amide bonds. The summed E-state index contributed by atoms with van der Waals surface area (Å²) in [4.78, 5) is 8.24. The van der Waals surface area contributed by atoms with Crippen LogP contribution in [0.4, 0.5) is 5.69 Å². The van der Waals surface area contributed by atoms with Crippen LogP contribution in [-0.4, -0.2) is 9.55 Å². The summed E-state index contributed by atoms with van der Waals surface area (Å²) in [5.41, 5.74) is 8.63. The SMILES string of the molecule is [C-]#[N+]c1ccc2c(c1)c1cc(-c3c4ccccc4c(-c4cccnc4)c4ccccc34)ccc1n2-c1ccc2ccccc2c1. The number of hydrogen-bond acceptors (Lipinski definition) is 1. The molecule has 7 aromatic carbocycles. The molecule has 3 nitrogen and oxygen atoms in total. The molecule has 45 heavy (non-hydrogen) atoms. The van der Waals surface area contributed by atoms with Crippen LogP contribution in [0.25, 0.3) is 86.9 Å². The topological polar surface area (TPSA) is 22.2 Å². The largest absolute Gasteiger partial charge is 0.309 e. The highest BCUT2D eigenvalue weighted by molar-refractivity contribution is 6.22. The van der Waals surface area contributed by atoms with Gasteiger partial charge in [0.2, 0.25) is 0 Å². The first-order valence-electron chi connectivity index (χ1n) is 15.1. The van der Waals surface area contributed by atoms with Crippen molar-refractivity contribution in [2.24, 2.45) is 0 Å². The van der Waals surface area contributed by atoms with E-state index in [1.165, 1.54) is 43.4 Å². The third-order valence-corrected chi connectivity index (χ3v) is 9.04. The highest BCUT2D eigenvalue weighted by atomic mass is 15.0. The van der Waals surface area contributed by atoms with Gasteiger partial charge in [0.05, 0.1) is 17.6 Å². The van der Waals surface area contributed by atoms with Crippen LogP contribution in [0, 0.1) is 6.57 Å². The van der Waals surface area contributed by atoms with Crippen molar-refractivity contribution in [2.75, 3.05) is 0 Å². The molecule has 0 saturated heterocycles. The molecule has 0 atom stereocenters. The third-order valence-electron chi connectivity index (χ3n) is 9.04. The summed E-state index contributed by atoms with van der Waals surface area (Å²) in [6, 6.07) is 49.5. The Morgan fingerprint density at radius 1 is 0.489 bits per heavy atom. The Hall–Kier alpha value is -6.24. The van der Waals surface area contributed by atoms with E-state index in [2.05, 4.69) is 136 Å². The molecule has 0 radical (unpaired) electrons. The number of pyridine rings is 1. The Bertz CT molecular complexity index is 2600. The summed E-state index contributed by atoms with van der Waals surface area (Å²) < 4.78 is 2.33. The van der Waals surface area contributed by atoms with Gasteiger partial charge in [0.15, 0.2) is 5.69 Å². The molecule has 2 heterocycles. The normalized spacial score (nSPS) is 11.5. The van der Waals surface area contributed by atoms with Crippen LogP contribution in [0.3, 0.4) is 0 Å². The van der Waals surface area contributed by atoms with Crippen molar-refractivity contribution in [1.29, 1.82) is 0 Å². The summed E-state index contributed by atoms with van der Waals surface area (Å²) >= 11 is 0. The molecule has 0 fully saturated rings. The summed E-state index contributed by atoms with van der Waals surface area (Å²) in [7, 11) is 0. The molecular formula is C42H25N3. The number of nitrogens with zero attached hydrogens (tertiary/aromatic N) is 3. The lowest BCUT2D eigenvalue weighted by molar-refractivity contribution is 1.19. The van der Waals surface area contributed by atoms with Crippen molar-refractivity contribution in [1.82, 2.24) is 9.55 Å². The van der Waals surface area contributed by atoms with Gasteiger partial charge in [0.1, 0.15) is 0 Å². The first-order chi connectivity index (χ1) is 22.3. The van der Waals surface area contributed by atoms with E-state index in [1.54, 1.807) is 0 Å². The Morgan fingerprint density at radius 3 is 1.78 bits per heavy atom. The molecule has 0 N–H and O–H groups in total. The van der Waals surface area contributed by atoms with Gasteiger partial charge >= 0.3 is 0 Å². The fourth-order valence-corrected chi connectivity index (χ4v) is 7.09. The predicted molar refractivity (Wildman–Crippen MR) is 188 cm³/mol. The van der Waals surface area contributed by atoms with Crippen molar-refractivity contribution in [2.45, 2.75) is 0 Å². The lowest BCUT2D eigenvalue weighted by Crippen LogP contribution is -1.94. The zero-order chi connectivity index (χ0) is 29.9. The average Bonchev–Trinajstić information content (AvgIpc) is 3.43. The van der Waals surface area contributed by atoms with E-state index in [0.29, 0.717) is 5.69 Å². The number of hydrogen-bond donors (Lipinski definition) is 0. The van der Waals surface area contributed by atoms with Gasteiger partial charge in [-0.25, -0.2) is 4.85 Å². The van der Waals surface area contributed by atoms with Crippen molar-refractivity contribution >= 4 is 59.8 Å². The zero-order valence-electron chi connectivity index (χ0n) is 24.3. The quantitative estimate of drug-likeness (QED) is 0.153. The number of benzene rings is 7. The molecule has 3 heteroatoms. The summed E-state index contributed by atoms with van der Waals surface area (Å²) in [5, 5.41) is 9.43. The standard InChI is InChI=1S/C42H25N3/c1-43-31-18-21-40-38(25-31)37-24-29(17-20-39(37)45(40)32-19-16-27-9-2-3-10-28(27)23-32)41-33-12-4-6-14-35(33)42(30-11-8-22-44-26-30)36-15-7-5-13-34(36)41/h2-26H. The smallest absolute Gasteiger partial charge is 0.188 e. The van der Waals surface area contributed by atoms with E-state index in [4.69, 9.17) is 6.57 Å². The van der Waals surface area contributed by atoms with Crippen molar-refractivity contribution < 1.29 is 0 Å². The van der Waals surface area contributed by atoms with Gasteiger partial charge < -0.3 is 4.57 Å². The highest BCUT2D eigenvalue weighted by Crippen LogP contribution is 2.45. The maximum Gasteiger partial charge on any atom is 0.188 e. The molecule has 2 aromatic heterocycles. The molecule has 0 unspecified atom stereocenters. The Morgan fingerprint density at radius 2 is 1.11 bits per heavy atom. The van der Waals surface area contributed by atoms with Crippen LogP contribution < -0.4 is 0 Å². The first-order valence-corrected chi connectivity index (χ1v) is 15.1. The van der Waals surface area contributed by atoms with Gasteiger partial charge in [-0.05, 0) is 96.9 Å². The van der Waals surface area contributed by atoms with Gasteiger partial charge in [-0.2, -0.15) is 0 Å². The maximum atomic E-state index is 7.75. The number of fused-ring (bicyclic) bond motifs is 6. The minimum absolute atomic E-state index is 0.641. The fraction of sp³-hybridized carbons (Fsp3) is 0. The van der Waals surface area contributed by atoms with Crippen LogP contribution >= 0.6 is 0 Å². The van der Waals surface area contributed by atoms with Crippen LogP contribution in [0.15, 0.2) is 152 Å². The molecule has 0 aliphatic rings. The molecule has 208 valence electrons. The lowest BCUT2D eigenvalue weighted by atomic mass is 9.86. The molecule has 9 aromatic rings. The maximum absolute atomic E-state index is 7.75. The number of rotatable bonds is 3. The Kier molecular flexibility index (Phi) is 5.57. The van der Waals surface area contributed by atoms with Crippen molar-refractivity contribution in [3.8, 4) is 27.9 Å². The average molecular weight is 572 g/mol. The minimum Gasteiger partial charge on any atom is -0.309 e. The predicted octanol–water partition coefficient (Wildman–Crippen LogP) is 11.5. The highest BCUT2D eigenvalue weighted by Gasteiger charge is 2.19. The van der Waals surface area contributed by atoms with Crippen molar-refractivity contribution in [3.63, 3.8) is 0 Å². The zero-order valence-corrected chi connectivity index (χ0v) is 24.3. The second-order valence-corrected chi connectivity index (χ2v) is 11.5. The molecule has 0 aliphatic carbocycles. The number of aromatic nitrogens is 2. The molecule has 0 saturated carbocycles. The second-order valence-electron chi connectivity index (χ2n) is 11.5. The molecular weight excluding hydrogens is 546 g/mol. The van der Waals surface area contributed by atoms with E-state index >= 15 is 0 Å². The molecule has 0 aliphatic heterocycles. The summed E-state index contributed by atoms with van der Waals surface area (Å²) in [6.07, 6.45) is 3.78.